The zero-order valence-electron chi connectivity index (χ0n) is 18.1. The summed E-state index contributed by atoms with van der Waals surface area (Å²) in [5, 5.41) is 0. The van der Waals surface area contributed by atoms with E-state index in [1.807, 2.05) is 37.3 Å². The van der Waals surface area contributed by atoms with Gasteiger partial charge in [0.15, 0.2) is 5.76 Å². The van der Waals surface area contributed by atoms with Crippen molar-refractivity contribution < 1.29 is 19.0 Å². The molecule has 2 aliphatic rings. The second-order valence-electron chi connectivity index (χ2n) is 8.01. The van der Waals surface area contributed by atoms with Crippen molar-refractivity contribution in [3.63, 3.8) is 0 Å². The molecular weight excluding hydrogens is 404 g/mol. The number of carbonyl (C=O) groups excluding carboxylic acids is 1. The summed E-state index contributed by atoms with van der Waals surface area (Å²) in [7, 11) is 1.67. The van der Waals surface area contributed by atoms with Crippen molar-refractivity contribution in [2.24, 2.45) is 0 Å². The quantitative estimate of drug-likeness (QED) is 0.561. The summed E-state index contributed by atoms with van der Waals surface area (Å²) in [5.74, 6) is 2.51. The number of hydrogen-bond acceptors (Lipinski definition) is 6. The Morgan fingerprint density at radius 2 is 1.91 bits per heavy atom. The fourth-order valence-electron chi connectivity index (χ4n) is 4.13. The molecule has 6 heteroatoms. The molecule has 0 bridgehead atoms. The fraction of sp³-hybridized carbons (Fsp3) is 0.231. The number of allylic oxidation sites excluding steroid dienone is 1. The molecule has 2 aromatic carbocycles. The third-order valence-corrected chi connectivity index (χ3v) is 5.88. The third kappa shape index (κ3) is 3.85. The van der Waals surface area contributed by atoms with Gasteiger partial charge < -0.3 is 14.2 Å². The smallest absolute Gasteiger partial charge is 0.231 e. The molecule has 3 aromatic rings. The molecule has 2 aliphatic heterocycles. The Hall–Kier alpha value is -3.64. The molecule has 32 heavy (non-hydrogen) atoms. The molecule has 0 unspecified atom stereocenters. The Balaban J connectivity index is 1.33. The van der Waals surface area contributed by atoms with E-state index in [0.29, 0.717) is 23.8 Å². The number of fused-ring (bicyclic) bond motifs is 2. The van der Waals surface area contributed by atoms with Gasteiger partial charge in [0, 0.05) is 36.6 Å². The average molecular weight is 428 g/mol. The summed E-state index contributed by atoms with van der Waals surface area (Å²) in [5.41, 5.74) is 4.61. The number of carbonyl (C=O) groups is 1. The van der Waals surface area contributed by atoms with Crippen LogP contribution in [0.2, 0.25) is 0 Å². The second-order valence-corrected chi connectivity index (χ2v) is 8.01. The summed E-state index contributed by atoms with van der Waals surface area (Å²) in [4.78, 5) is 19.3. The third-order valence-electron chi connectivity index (χ3n) is 5.88. The van der Waals surface area contributed by atoms with Crippen molar-refractivity contribution in [2.45, 2.75) is 19.9 Å². The van der Waals surface area contributed by atoms with Crippen LogP contribution in [0.15, 0.2) is 60.6 Å². The normalized spacial score (nSPS) is 16.3. The van der Waals surface area contributed by atoms with E-state index < -0.39 is 0 Å². The minimum Gasteiger partial charge on any atom is -0.497 e. The van der Waals surface area contributed by atoms with Crippen molar-refractivity contribution in [1.82, 2.24) is 9.88 Å². The molecule has 0 saturated carbocycles. The minimum atomic E-state index is -0.0990. The fourth-order valence-corrected chi connectivity index (χ4v) is 4.13. The number of aromatic nitrogens is 1. The van der Waals surface area contributed by atoms with Crippen molar-refractivity contribution in [2.75, 3.05) is 20.4 Å². The lowest BCUT2D eigenvalue weighted by molar-refractivity contribution is 0.0954. The zero-order valence-corrected chi connectivity index (χ0v) is 18.1. The van der Waals surface area contributed by atoms with Gasteiger partial charge in [-0.15, -0.1) is 0 Å². The first-order chi connectivity index (χ1) is 15.6. The van der Waals surface area contributed by atoms with Crippen LogP contribution in [0.25, 0.3) is 6.08 Å². The summed E-state index contributed by atoms with van der Waals surface area (Å²) in [6, 6.07) is 13.7. The van der Waals surface area contributed by atoms with Gasteiger partial charge in [-0.3, -0.25) is 14.7 Å². The van der Waals surface area contributed by atoms with Gasteiger partial charge in [0.05, 0.1) is 12.7 Å². The summed E-state index contributed by atoms with van der Waals surface area (Å²) < 4.78 is 17.3. The van der Waals surface area contributed by atoms with Crippen molar-refractivity contribution in [3.05, 3.63) is 88.4 Å². The number of ether oxygens (including phenoxy) is 3. The van der Waals surface area contributed by atoms with Crippen LogP contribution in [0, 0.1) is 6.92 Å². The van der Waals surface area contributed by atoms with E-state index in [0.717, 1.165) is 47.7 Å². The molecule has 162 valence electrons. The van der Waals surface area contributed by atoms with E-state index in [4.69, 9.17) is 14.2 Å². The van der Waals surface area contributed by atoms with Gasteiger partial charge in [0.25, 0.3) is 0 Å². The van der Waals surface area contributed by atoms with Gasteiger partial charge in [0.1, 0.15) is 24.0 Å². The van der Waals surface area contributed by atoms with E-state index in [-0.39, 0.29) is 5.78 Å². The monoisotopic (exact) mass is 428 g/mol. The molecule has 0 radical (unpaired) electrons. The molecule has 0 aliphatic carbocycles. The molecule has 0 N–H and O–H groups in total. The van der Waals surface area contributed by atoms with Crippen LogP contribution in [0.4, 0.5) is 0 Å². The first-order valence-corrected chi connectivity index (χ1v) is 10.6. The number of rotatable bonds is 5. The van der Waals surface area contributed by atoms with E-state index in [9.17, 15) is 4.79 Å². The van der Waals surface area contributed by atoms with E-state index >= 15 is 0 Å². The maximum absolute atomic E-state index is 13.0. The van der Waals surface area contributed by atoms with Gasteiger partial charge in [-0.05, 0) is 60.9 Å². The highest BCUT2D eigenvalue weighted by molar-refractivity contribution is 6.15. The number of Topliss-reactive ketones (excluding diaryl/α,β-unsaturated/α-hetero) is 1. The van der Waals surface area contributed by atoms with Gasteiger partial charge in [0.2, 0.25) is 5.78 Å². The predicted octanol–water partition coefficient (Wildman–Crippen LogP) is 4.41. The van der Waals surface area contributed by atoms with Gasteiger partial charge >= 0.3 is 0 Å². The number of ketones is 1. The van der Waals surface area contributed by atoms with Crippen LogP contribution in [-0.4, -0.2) is 36.1 Å². The Labute approximate surface area is 187 Å². The molecule has 0 fully saturated rings. The second kappa shape index (κ2) is 8.48. The summed E-state index contributed by atoms with van der Waals surface area (Å²) >= 11 is 0. The first-order valence-electron chi connectivity index (χ1n) is 10.6. The number of hydrogen-bond donors (Lipinski definition) is 0. The molecule has 0 spiro atoms. The Morgan fingerprint density at radius 1 is 1.12 bits per heavy atom. The standard InChI is InChI=1S/C26H24N2O4/c1-17-25-20(15-28(16-31-25)12-9-18-3-5-21(30-2)6-4-18)14-22-24(29)23(32-26(17)22)13-19-7-10-27-11-8-19/h3-8,10-11,13-14H,9,12,15-16H2,1-2H3/b23-13-. The summed E-state index contributed by atoms with van der Waals surface area (Å²) in [6.07, 6.45) is 6.05. The molecule has 3 heterocycles. The number of methoxy groups -OCH3 is 1. The Kier molecular flexibility index (Phi) is 5.37. The number of nitrogens with zero attached hydrogens (tertiary/aromatic N) is 2. The topological polar surface area (TPSA) is 60.9 Å². The average Bonchev–Trinajstić information content (AvgIpc) is 3.14. The SMILES string of the molecule is COc1ccc(CCN2COc3c(cc4c(c3C)O/C(=C\c3ccncc3)C4=O)C2)cc1. The minimum absolute atomic E-state index is 0.0990. The van der Waals surface area contributed by atoms with Crippen LogP contribution >= 0.6 is 0 Å². The van der Waals surface area contributed by atoms with E-state index in [1.165, 1.54) is 5.56 Å². The molecule has 6 nitrogen and oxygen atoms in total. The lowest BCUT2D eigenvalue weighted by Gasteiger charge is -2.30. The largest absolute Gasteiger partial charge is 0.497 e. The van der Waals surface area contributed by atoms with Gasteiger partial charge in [-0.25, -0.2) is 0 Å². The van der Waals surface area contributed by atoms with E-state index in [1.54, 1.807) is 25.6 Å². The number of benzene rings is 2. The first kappa shape index (κ1) is 20.3. The highest BCUT2D eigenvalue weighted by atomic mass is 16.5. The zero-order chi connectivity index (χ0) is 22.1. The molecule has 0 amide bonds. The van der Waals surface area contributed by atoms with Crippen LogP contribution in [0.1, 0.15) is 32.6 Å². The maximum Gasteiger partial charge on any atom is 0.231 e. The van der Waals surface area contributed by atoms with Gasteiger partial charge in [-0.2, -0.15) is 0 Å². The lowest BCUT2D eigenvalue weighted by atomic mass is 10.00. The van der Waals surface area contributed by atoms with Crippen molar-refractivity contribution in [1.29, 1.82) is 0 Å². The van der Waals surface area contributed by atoms with Gasteiger partial charge in [-0.1, -0.05) is 12.1 Å². The maximum atomic E-state index is 13.0. The van der Waals surface area contributed by atoms with Crippen molar-refractivity contribution in [3.8, 4) is 17.2 Å². The van der Waals surface area contributed by atoms with Crippen LogP contribution in [-0.2, 0) is 13.0 Å². The highest BCUT2D eigenvalue weighted by Gasteiger charge is 2.33. The predicted molar refractivity (Wildman–Crippen MR) is 121 cm³/mol. The number of pyridine rings is 1. The Morgan fingerprint density at radius 3 is 2.66 bits per heavy atom. The molecule has 1 aromatic heterocycles. The van der Waals surface area contributed by atoms with Crippen LogP contribution in [0.3, 0.4) is 0 Å². The molecule has 5 rings (SSSR count). The molecule has 0 saturated heterocycles. The Bertz CT molecular complexity index is 1190. The summed E-state index contributed by atoms with van der Waals surface area (Å²) in [6.45, 7) is 4.06. The van der Waals surface area contributed by atoms with Crippen LogP contribution in [0.5, 0.6) is 17.2 Å². The molecule has 0 atom stereocenters. The lowest BCUT2D eigenvalue weighted by Crippen LogP contribution is -2.34. The highest BCUT2D eigenvalue weighted by Crippen LogP contribution is 2.43. The molecular formula is C26H24N2O4. The van der Waals surface area contributed by atoms with Crippen molar-refractivity contribution >= 4 is 11.9 Å². The van der Waals surface area contributed by atoms with Crippen LogP contribution < -0.4 is 14.2 Å². The van der Waals surface area contributed by atoms with E-state index in [2.05, 4.69) is 22.0 Å².